The van der Waals surface area contributed by atoms with Crippen molar-refractivity contribution in [2.75, 3.05) is 26.4 Å². The van der Waals surface area contributed by atoms with Crippen molar-refractivity contribution in [1.82, 2.24) is 0 Å². The molecule has 0 spiro atoms. The number of aliphatic hydroxyl groups is 3. The summed E-state index contributed by atoms with van der Waals surface area (Å²) in [5, 5.41) is 28.4. The first-order valence-electron chi connectivity index (χ1n) is 19.4. The van der Waals surface area contributed by atoms with Crippen LogP contribution in [0.4, 0.5) is 0 Å². The summed E-state index contributed by atoms with van der Waals surface area (Å²) in [6.45, 7) is 4.42. The standard InChI is InChI=1S/C39H71O11P/c1-4-6-7-8-11-16-21-26-35(41)27-22-17-14-19-23-28-38(43)47-32-37(33-49-51(45,46)48-31-36(42)30-40)50-39(44)29-24-18-13-10-9-12-15-20-25-34(3)5-2/h6-7,11,16,21,26,34-37,40-42H,4-5,8-10,12-15,17-20,22-25,27-33H2,1-3H3,(H,45,46)/b7-6+,16-11+,26-21+/t34?,35?,36-,37+/m0/s1. The van der Waals surface area contributed by atoms with E-state index in [2.05, 4.69) is 37.4 Å². The summed E-state index contributed by atoms with van der Waals surface area (Å²) in [6, 6.07) is 0. The van der Waals surface area contributed by atoms with Crippen molar-refractivity contribution in [3.63, 3.8) is 0 Å². The molecule has 4 N–H and O–H groups in total. The molecule has 0 aromatic rings. The molecule has 0 aromatic carbocycles. The number of hydrogen-bond acceptors (Lipinski definition) is 10. The predicted octanol–water partition coefficient (Wildman–Crippen LogP) is 8.44. The molecule has 0 bridgehead atoms. The van der Waals surface area contributed by atoms with Gasteiger partial charge in [0, 0.05) is 12.8 Å². The highest BCUT2D eigenvalue weighted by Crippen LogP contribution is 2.43. The van der Waals surface area contributed by atoms with Gasteiger partial charge in [0.1, 0.15) is 12.7 Å². The van der Waals surface area contributed by atoms with Crippen LogP contribution in [0.3, 0.4) is 0 Å². The number of unbranched alkanes of at least 4 members (excludes halogenated alkanes) is 11. The quantitative estimate of drug-likeness (QED) is 0.0161. The molecule has 0 saturated heterocycles. The van der Waals surface area contributed by atoms with E-state index in [1.807, 2.05) is 18.2 Å². The predicted molar refractivity (Wildman–Crippen MR) is 202 cm³/mol. The van der Waals surface area contributed by atoms with Crippen LogP contribution in [0.15, 0.2) is 36.5 Å². The van der Waals surface area contributed by atoms with Gasteiger partial charge in [0.25, 0.3) is 0 Å². The van der Waals surface area contributed by atoms with Gasteiger partial charge in [0.2, 0.25) is 0 Å². The summed E-state index contributed by atoms with van der Waals surface area (Å²) in [6.07, 6.45) is 27.1. The first-order chi connectivity index (χ1) is 24.5. The Morgan fingerprint density at radius 3 is 1.88 bits per heavy atom. The maximum atomic E-state index is 12.5. The molecule has 5 atom stereocenters. The number of allylic oxidation sites excluding steroid dienone is 5. The minimum atomic E-state index is -4.63. The van der Waals surface area contributed by atoms with E-state index in [1.165, 1.54) is 38.5 Å². The summed E-state index contributed by atoms with van der Waals surface area (Å²) in [4.78, 5) is 34.8. The summed E-state index contributed by atoms with van der Waals surface area (Å²) < 4.78 is 32.5. The van der Waals surface area contributed by atoms with E-state index in [1.54, 1.807) is 6.08 Å². The van der Waals surface area contributed by atoms with E-state index in [4.69, 9.17) is 19.1 Å². The number of carbonyl (C=O) groups is 2. The zero-order valence-electron chi connectivity index (χ0n) is 31.8. The van der Waals surface area contributed by atoms with Crippen molar-refractivity contribution in [2.24, 2.45) is 5.92 Å². The smallest absolute Gasteiger partial charge is 0.462 e. The van der Waals surface area contributed by atoms with Gasteiger partial charge >= 0.3 is 19.8 Å². The zero-order valence-corrected chi connectivity index (χ0v) is 32.7. The molecule has 51 heavy (non-hydrogen) atoms. The van der Waals surface area contributed by atoms with Crippen LogP contribution in [0.25, 0.3) is 0 Å². The molecule has 12 heteroatoms. The van der Waals surface area contributed by atoms with Gasteiger partial charge in [-0.1, -0.05) is 141 Å². The van der Waals surface area contributed by atoms with E-state index in [9.17, 15) is 29.3 Å². The second-order valence-corrected chi connectivity index (χ2v) is 14.8. The van der Waals surface area contributed by atoms with Crippen molar-refractivity contribution >= 4 is 19.8 Å². The highest BCUT2D eigenvalue weighted by atomic mass is 31.2. The number of phosphoric acid groups is 1. The number of rotatable bonds is 35. The van der Waals surface area contributed by atoms with Crippen LogP contribution in [-0.2, 0) is 32.7 Å². The molecular formula is C39H71O11P. The van der Waals surface area contributed by atoms with Crippen LogP contribution < -0.4 is 0 Å². The average Bonchev–Trinajstić information content (AvgIpc) is 3.11. The summed E-state index contributed by atoms with van der Waals surface area (Å²) in [7, 11) is -4.63. The molecule has 0 amide bonds. The van der Waals surface area contributed by atoms with E-state index in [0.717, 1.165) is 63.7 Å². The second kappa shape index (κ2) is 34.0. The lowest BCUT2D eigenvalue weighted by Crippen LogP contribution is -2.29. The third-order valence-electron chi connectivity index (χ3n) is 8.45. The molecule has 298 valence electrons. The third-order valence-corrected chi connectivity index (χ3v) is 9.40. The molecule has 0 radical (unpaired) electrons. The molecule has 0 aliphatic carbocycles. The lowest BCUT2D eigenvalue weighted by atomic mass is 9.99. The lowest BCUT2D eigenvalue weighted by molar-refractivity contribution is -0.161. The van der Waals surface area contributed by atoms with Gasteiger partial charge in [0.05, 0.1) is 25.9 Å². The molecule has 0 aliphatic rings. The minimum Gasteiger partial charge on any atom is -0.462 e. The van der Waals surface area contributed by atoms with E-state index in [0.29, 0.717) is 19.3 Å². The van der Waals surface area contributed by atoms with Gasteiger partial charge in [-0.3, -0.25) is 18.6 Å². The number of phosphoric ester groups is 1. The topological polar surface area (TPSA) is 169 Å². The van der Waals surface area contributed by atoms with Crippen molar-refractivity contribution in [1.29, 1.82) is 0 Å². The van der Waals surface area contributed by atoms with Gasteiger partial charge in [0.15, 0.2) is 6.10 Å². The van der Waals surface area contributed by atoms with Crippen LogP contribution in [0.1, 0.15) is 149 Å². The normalized spacial score (nSPS) is 15.7. The Hall–Kier alpha value is -1.85. The Kier molecular flexibility index (Phi) is 32.7. The highest BCUT2D eigenvalue weighted by molar-refractivity contribution is 7.47. The van der Waals surface area contributed by atoms with Crippen LogP contribution >= 0.6 is 7.82 Å². The Morgan fingerprint density at radius 2 is 1.27 bits per heavy atom. The highest BCUT2D eigenvalue weighted by Gasteiger charge is 2.27. The molecule has 3 unspecified atom stereocenters. The Labute approximate surface area is 308 Å². The van der Waals surface area contributed by atoms with Crippen molar-refractivity contribution < 1.29 is 52.9 Å². The van der Waals surface area contributed by atoms with Gasteiger partial charge in [-0.15, -0.1) is 0 Å². The molecule has 0 saturated carbocycles. The number of ether oxygens (including phenoxy) is 2. The van der Waals surface area contributed by atoms with Crippen LogP contribution in [0.2, 0.25) is 0 Å². The first kappa shape index (κ1) is 49.1. The minimum absolute atomic E-state index is 0.163. The van der Waals surface area contributed by atoms with E-state index < -0.39 is 57.9 Å². The molecular weight excluding hydrogens is 675 g/mol. The molecule has 0 fully saturated rings. The fourth-order valence-corrected chi connectivity index (χ4v) is 5.82. The maximum absolute atomic E-state index is 12.5. The van der Waals surface area contributed by atoms with Gasteiger partial charge in [-0.2, -0.15) is 0 Å². The van der Waals surface area contributed by atoms with E-state index >= 15 is 0 Å². The molecule has 0 rings (SSSR count). The zero-order chi connectivity index (χ0) is 38.0. The summed E-state index contributed by atoms with van der Waals surface area (Å²) in [5.41, 5.74) is 0. The number of hydrogen-bond donors (Lipinski definition) is 4. The third kappa shape index (κ3) is 33.7. The summed E-state index contributed by atoms with van der Waals surface area (Å²) >= 11 is 0. The molecule has 11 nitrogen and oxygen atoms in total. The molecule has 0 aromatic heterocycles. The number of aliphatic hydroxyl groups excluding tert-OH is 3. The second-order valence-electron chi connectivity index (χ2n) is 13.4. The van der Waals surface area contributed by atoms with Crippen LogP contribution in [-0.4, -0.2) is 76.9 Å². The van der Waals surface area contributed by atoms with Gasteiger partial charge in [-0.25, -0.2) is 4.57 Å². The van der Waals surface area contributed by atoms with Gasteiger partial charge in [-0.05, 0) is 38.0 Å². The number of carbonyl (C=O) groups excluding carboxylic acids is 2. The lowest BCUT2D eigenvalue weighted by Gasteiger charge is -2.20. The van der Waals surface area contributed by atoms with Gasteiger partial charge < -0.3 is 29.7 Å². The molecule has 0 aliphatic heterocycles. The number of esters is 2. The Morgan fingerprint density at radius 1 is 0.706 bits per heavy atom. The monoisotopic (exact) mass is 746 g/mol. The van der Waals surface area contributed by atoms with Crippen LogP contribution in [0, 0.1) is 5.92 Å². The SMILES string of the molecule is CC/C=C/C/C=C/C=C/C(O)CCCCCCCC(=O)OC[C@H](COP(=O)(O)OC[C@@H](O)CO)OC(=O)CCCCCCCCCCC(C)CC. The van der Waals surface area contributed by atoms with Crippen molar-refractivity contribution in [3.8, 4) is 0 Å². The Bertz CT molecular complexity index is 984. The summed E-state index contributed by atoms with van der Waals surface area (Å²) in [5.74, 6) is -0.205. The van der Waals surface area contributed by atoms with Crippen LogP contribution in [0.5, 0.6) is 0 Å². The van der Waals surface area contributed by atoms with E-state index in [-0.39, 0.29) is 19.4 Å². The largest absolute Gasteiger partial charge is 0.472 e. The first-order valence-corrected chi connectivity index (χ1v) is 20.9. The molecule has 0 heterocycles. The van der Waals surface area contributed by atoms with Crippen molar-refractivity contribution in [2.45, 2.75) is 167 Å². The van der Waals surface area contributed by atoms with Crippen molar-refractivity contribution in [3.05, 3.63) is 36.5 Å². The fourth-order valence-electron chi connectivity index (χ4n) is 5.03. The Balaban J connectivity index is 4.46. The average molecular weight is 747 g/mol. The maximum Gasteiger partial charge on any atom is 0.472 e. The fraction of sp³-hybridized carbons (Fsp3) is 0.795.